The third kappa shape index (κ3) is 2.68. The number of phenolic OH excluding ortho intramolecular Hbond substituents is 1. The average Bonchev–Trinajstić information content (AvgIpc) is 2.36. The second-order valence-electron chi connectivity index (χ2n) is 4.09. The smallest absolute Gasteiger partial charge is 0.167 e. The van der Waals surface area contributed by atoms with E-state index in [1.165, 1.54) is 0 Å². The van der Waals surface area contributed by atoms with Gasteiger partial charge in [0.2, 0.25) is 0 Å². The van der Waals surface area contributed by atoms with E-state index >= 15 is 0 Å². The van der Waals surface area contributed by atoms with Crippen molar-refractivity contribution in [2.75, 3.05) is 0 Å². The molecule has 0 atom stereocenters. The van der Waals surface area contributed by atoms with Crippen LogP contribution in [0.15, 0.2) is 36.7 Å². The van der Waals surface area contributed by atoms with Crippen molar-refractivity contribution < 1.29 is 9.90 Å². The van der Waals surface area contributed by atoms with Gasteiger partial charge in [-0.05, 0) is 30.7 Å². The SMILES string of the molecule is Cc1cc(Cl)c(O)c(CC(=O)c2ccncc2)c1. The number of benzene rings is 1. The van der Waals surface area contributed by atoms with Crippen LogP contribution in [0.4, 0.5) is 0 Å². The number of carbonyl (C=O) groups is 1. The minimum atomic E-state index is -0.0747. The first-order valence-electron chi connectivity index (χ1n) is 5.49. The third-order valence-electron chi connectivity index (χ3n) is 2.64. The van der Waals surface area contributed by atoms with Gasteiger partial charge in [-0.25, -0.2) is 0 Å². The molecular formula is C14H12ClNO2. The van der Waals surface area contributed by atoms with Gasteiger partial charge in [0.25, 0.3) is 0 Å². The molecule has 92 valence electrons. The second kappa shape index (κ2) is 5.19. The number of hydrogen-bond acceptors (Lipinski definition) is 3. The molecule has 4 heteroatoms. The molecule has 0 aliphatic heterocycles. The summed E-state index contributed by atoms with van der Waals surface area (Å²) in [4.78, 5) is 15.9. The Balaban J connectivity index is 2.28. The summed E-state index contributed by atoms with van der Waals surface area (Å²) in [6.07, 6.45) is 3.25. The molecule has 0 amide bonds. The normalized spacial score (nSPS) is 10.3. The molecule has 0 bridgehead atoms. The quantitative estimate of drug-likeness (QED) is 0.864. The molecule has 1 aromatic carbocycles. The summed E-state index contributed by atoms with van der Waals surface area (Å²) in [5.74, 6) is -0.0981. The van der Waals surface area contributed by atoms with Gasteiger partial charge in [0.1, 0.15) is 5.75 Å². The van der Waals surface area contributed by atoms with Crippen LogP contribution in [0, 0.1) is 6.92 Å². The van der Waals surface area contributed by atoms with Gasteiger partial charge in [-0.1, -0.05) is 17.7 Å². The van der Waals surface area contributed by atoms with E-state index in [2.05, 4.69) is 4.98 Å². The lowest BCUT2D eigenvalue weighted by molar-refractivity contribution is 0.0992. The number of halogens is 1. The predicted molar refractivity (Wildman–Crippen MR) is 70.1 cm³/mol. The Bertz CT molecular complexity index is 582. The van der Waals surface area contributed by atoms with E-state index in [1.54, 1.807) is 36.7 Å². The van der Waals surface area contributed by atoms with Crippen molar-refractivity contribution in [3.63, 3.8) is 0 Å². The van der Waals surface area contributed by atoms with Crippen LogP contribution < -0.4 is 0 Å². The Kier molecular flexibility index (Phi) is 3.63. The molecule has 0 saturated carbocycles. The molecule has 2 rings (SSSR count). The molecule has 18 heavy (non-hydrogen) atoms. The summed E-state index contributed by atoms with van der Waals surface area (Å²) in [5, 5.41) is 10.1. The average molecular weight is 262 g/mol. The summed E-state index contributed by atoms with van der Waals surface area (Å²) < 4.78 is 0. The van der Waals surface area contributed by atoms with Gasteiger partial charge in [-0.15, -0.1) is 0 Å². The number of aryl methyl sites for hydroxylation is 1. The van der Waals surface area contributed by atoms with E-state index in [9.17, 15) is 9.90 Å². The highest BCUT2D eigenvalue weighted by Gasteiger charge is 2.12. The van der Waals surface area contributed by atoms with E-state index in [4.69, 9.17) is 11.6 Å². The van der Waals surface area contributed by atoms with Gasteiger partial charge in [-0.3, -0.25) is 9.78 Å². The Morgan fingerprint density at radius 2 is 2.00 bits per heavy atom. The minimum absolute atomic E-state index is 0.0235. The predicted octanol–water partition coefficient (Wildman–Crippen LogP) is 3.17. The van der Waals surface area contributed by atoms with Crippen LogP contribution in [0.5, 0.6) is 5.75 Å². The van der Waals surface area contributed by atoms with Crippen molar-refractivity contribution in [2.24, 2.45) is 0 Å². The van der Waals surface area contributed by atoms with Crippen molar-refractivity contribution in [3.8, 4) is 5.75 Å². The Morgan fingerprint density at radius 1 is 1.33 bits per heavy atom. The van der Waals surface area contributed by atoms with Crippen LogP contribution >= 0.6 is 11.6 Å². The minimum Gasteiger partial charge on any atom is -0.506 e. The van der Waals surface area contributed by atoms with Crippen molar-refractivity contribution in [1.29, 1.82) is 0 Å². The number of Topliss-reactive ketones (excluding diaryl/α,β-unsaturated/α-hetero) is 1. The first-order valence-corrected chi connectivity index (χ1v) is 5.87. The first kappa shape index (κ1) is 12.6. The fourth-order valence-electron chi connectivity index (χ4n) is 1.75. The van der Waals surface area contributed by atoms with Crippen LogP contribution in [0.1, 0.15) is 21.5 Å². The second-order valence-corrected chi connectivity index (χ2v) is 4.50. The zero-order valence-corrected chi connectivity index (χ0v) is 10.6. The van der Waals surface area contributed by atoms with E-state index in [0.29, 0.717) is 11.1 Å². The van der Waals surface area contributed by atoms with Crippen molar-refractivity contribution in [2.45, 2.75) is 13.3 Å². The lowest BCUT2D eigenvalue weighted by Gasteiger charge is -2.07. The molecule has 0 radical (unpaired) electrons. The van der Waals surface area contributed by atoms with Crippen molar-refractivity contribution >= 4 is 17.4 Å². The molecule has 0 fully saturated rings. The topological polar surface area (TPSA) is 50.2 Å². The van der Waals surface area contributed by atoms with Gasteiger partial charge in [0, 0.05) is 29.9 Å². The molecule has 1 aromatic heterocycles. The zero-order chi connectivity index (χ0) is 13.1. The van der Waals surface area contributed by atoms with Gasteiger partial charge in [0.05, 0.1) is 5.02 Å². The molecule has 0 unspecified atom stereocenters. The standard InChI is InChI=1S/C14H12ClNO2/c1-9-6-11(14(18)12(15)7-9)8-13(17)10-2-4-16-5-3-10/h2-7,18H,8H2,1H3. The number of carbonyl (C=O) groups excluding carboxylic acids is 1. The maximum absolute atomic E-state index is 12.0. The van der Waals surface area contributed by atoms with Crippen LogP contribution in [0.2, 0.25) is 5.02 Å². The lowest BCUT2D eigenvalue weighted by atomic mass is 10.0. The zero-order valence-electron chi connectivity index (χ0n) is 9.85. The van der Waals surface area contributed by atoms with Crippen LogP contribution in [-0.2, 0) is 6.42 Å². The largest absolute Gasteiger partial charge is 0.506 e. The molecule has 1 N–H and O–H groups in total. The van der Waals surface area contributed by atoms with Gasteiger partial charge >= 0.3 is 0 Å². The van der Waals surface area contributed by atoms with E-state index in [0.717, 1.165) is 5.56 Å². The number of aromatic hydroxyl groups is 1. The number of pyridine rings is 1. The third-order valence-corrected chi connectivity index (χ3v) is 2.93. The molecule has 2 aromatic rings. The van der Waals surface area contributed by atoms with E-state index in [-0.39, 0.29) is 23.0 Å². The maximum Gasteiger partial charge on any atom is 0.167 e. The van der Waals surface area contributed by atoms with Gasteiger partial charge in [0.15, 0.2) is 5.78 Å². The van der Waals surface area contributed by atoms with Crippen LogP contribution in [-0.4, -0.2) is 15.9 Å². The number of nitrogens with zero attached hydrogens (tertiary/aromatic N) is 1. The first-order chi connectivity index (χ1) is 8.58. The number of rotatable bonds is 3. The van der Waals surface area contributed by atoms with Gasteiger partial charge < -0.3 is 5.11 Å². The monoisotopic (exact) mass is 261 g/mol. The molecule has 0 aliphatic rings. The summed E-state index contributed by atoms with van der Waals surface area (Å²) in [6, 6.07) is 6.73. The number of ketones is 1. The summed E-state index contributed by atoms with van der Waals surface area (Å²) in [6.45, 7) is 1.87. The van der Waals surface area contributed by atoms with Crippen molar-refractivity contribution in [1.82, 2.24) is 4.98 Å². The highest BCUT2D eigenvalue weighted by Crippen LogP contribution is 2.29. The lowest BCUT2D eigenvalue weighted by Crippen LogP contribution is -2.04. The molecule has 3 nitrogen and oxygen atoms in total. The summed E-state index contributed by atoms with van der Waals surface area (Å²) >= 11 is 5.88. The fraction of sp³-hybridized carbons (Fsp3) is 0.143. The van der Waals surface area contributed by atoms with Crippen LogP contribution in [0.3, 0.4) is 0 Å². The molecule has 0 saturated heterocycles. The molecule has 0 aliphatic carbocycles. The fourth-order valence-corrected chi connectivity index (χ4v) is 2.05. The summed E-state index contributed by atoms with van der Waals surface area (Å²) in [7, 11) is 0. The van der Waals surface area contributed by atoms with Crippen LogP contribution in [0.25, 0.3) is 0 Å². The Morgan fingerprint density at radius 3 is 2.67 bits per heavy atom. The van der Waals surface area contributed by atoms with Crippen molar-refractivity contribution in [3.05, 3.63) is 58.4 Å². The van der Waals surface area contributed by atoms with E-state index < -0.39 is 0 Å². The Hall–Kier alpha value is -1.87. The molecule has 1 heterocycles. The van der Waals surface area contributed by atoms with Gasteiger partial charge in [-0.2, -0.15) is 0 Å². The Labute approximate surface area is 110 Å². The molecule has 0 spiro atoms. The highest BCUT2D eigenvalue weighted by molar-refractivity contribution is 6.32. The van der Waals surface area contributed by atoms with E-state index in [1.807, 2.05) is 6.92 Å². The summed E-state index contributed by atoms with van der Waals surface area (Å²) in [5.41, 5.74) is 2.03. The maximum atomic E-state index is 12.0. The number of aromatic nitrogens is 1. The number of phenols is 1. The number of hydrogen-bond donors (Lipinski definition) is 1. The molecular weight excluding hydrogens is 250 g/mol. The highest BCUT2D eigenvalue weighted by atomic mass is 35.5.